The first-order valence-corrected chi connectivity index (χ1v) is 7.47. The minimum atomic E-state index is -1.15. The van der Waals surface area contributed by atoms with Crippen LogP contribution < -0.4 is 5.32 Å². The highest BCUT2D eigenvalue weighted by molar-refractivity contribution is 7.98. The summed E-state index contributed by atoms with van der Waals surface area (Å²) in [5.41, 5.74) is -1.15. The van der Waals surface area contributed by atoms with Gasteiger partial charge in [0.1, 0.15) is 5.41 Å². The van der Waals surface area contributed by atoms with E-state index in [2.05, 4.69) is 11.6 Å². The molecule has 6 heteroatoms. The van der Waals surface area contributed by atoms with Crippen LogP contribution in [0.25, 0.3) is 0 Å². The molecule has 1 aliphatic rings. The third-order valence-electron chi connectivity index (χ3n) is 3.04. The Balaban J connectivity index is 2.51. The number of hydrogen-bond acceptors (Lipinski definition) is 4. The highest BCUT2D eigenvalue weighted by atomic mass is 32.2. The predicted octanol–water partition coefficient (Wildman–Crippen LogP) is 1.62. The van der Waals surface area contributed by atoms with Crippen LogP contribution in [0.5, 0.6) is 0 Å². The Labute approximate surface area is 112 Å². The fraction of sp³-hybridized carbons (Fsp3) is 0.750. The molecule has 0 aromatic carbocycles. The molecule has 1 aliphatic heterocycles. The topological polar surface area (TPSA) is 66.5 Å². The second-order valence-corrected chi connectivity index (χ2v) is 5.88. The molecule has 1 rings (SSSR count). The van der Waals surface area contributed by atoms with Gasteiger partial charge in [-0.05, 0) is 38.7 Å². The molecule has 0 atom stereocenters. The van der Waals surface area contributed by atoms with Crippen LogP contribution in [0.1, 0.15) is 33.1 Å². The first-order valence-electron chi connectivity index (χ1n) is 6.07. The van der Waals surface area contributed by atoms with Gasteiger partial charge in [-0.3, -0.25) is 19.8 Å². The normalized spacial score (nSPS) is 19.1. The van der Waals surface area contributed by atoms with Crippen LogP contribution in [0.2, 0.25) is 0 Å². The largest absolute Gasteiger partial charge is 0.330 e. The molecule has 0 radical (unpaired) electrons. The third-order valence-corrected chi connectivity index (χ3v) is 3.74. The number of carbonyl (C=O) groups excluding carboxylic acids is 3. The molecule has 0 saturated carbocycles. The maximum atomic E-state index is 12.0. The summed E-state index contributed by atoms with van der Waals surface area (Å²) >= 11 is 1.78. The zero-order chi connectivity index (χ0) is 13.8. The number of carbonyl (C=O) groups is 3. The molecule has 0 spiro atoms. The van der Waals surface area contributed by atoms with Gasteiger partial charge in [0.05, 0.1) is 0 Å². The summed E-state index contributed by atoms with van der Waals surface area (Å²) in [6.07, 6.45) is 4.89. The lowest BCUT2D eigenvalue weighted by atomic mass is 9.88. The van der Waals surface area contributed by atoms with Crippen LogP contribution in [-0.4, -0.2) is 41.3 Å². The van der Waals surface area contributed by atoms with Crippen molar-refractivity contribution in [3.8, 4) is 0 Å². The van der Waals surface area contributed by atoms with Crippen molar-refractivity contribution >= 4 is 29.6 Å². The number of urea groups is 1. The molecule has 1 heterocycles. The number of thioether (sulfide) groups is 1. The van der Waals surface area contributed by atoms with E-state index in [1.807, 2.05) is 0 Å². The number of imide groups is 2. The van der Waals surface area contributed by atoms with Gasteiger partial charge in [0, 0.05) is 6.54 Å². The van der Waals surface area contributed by atoms with Crippen molar-refractivity contribution in [1.29, 1.82) is 0 Å². The summed E-state index contributed by atoms with van der Waals surface area (Å²) in [4.78, 5) is 36.3. The number of hydrogen-bond donors (Lipinski definition) is 1. The lowest BCUT2D eigenvalue weighted by molar-refractivity contribution is -0.149. The zero-order valence-electron chi connectivity index (χ0n) is 11.1. The molecule has 102 valence electrons. The van der Waals surface area contributed by atoms with Gasteiger partial charge in [0.15, 0.2) is 0 Å². The highest BCUT2D eigenvalue weighted by Crippen LogP contribution is 2.23. The Bertz CT molecular complexity index is 355. The molecule has 0 bridgehead atoms. The number of unbranched alkanes of at least 4 members (excludes halogenated alkanes) is 2. The molecule has 1 fully saturated rings. The van der Waals surface area contributed by atoms with Crippen molar-refractivity contribution in [3.05, 3.63) is 0 Å². The summed E-state index contributed by atoms with van der Waals surface area (Å²) in [5.74, 6) is 0.168. The van der Waals surface area contributed by atoms with E-state index in [4.69, 9.17) is 0 Å². The van der Waals surface area contributed by atoms with Crippen molar-refractivity contribution in [2.45, 2.75) is 33.1 Å². The van der Waals surface area contributed by atoms with E-state index >= 15 is 0 Å². The first kappa shape index (κ1) is 15.0. The second kappa shape index (κ2) is 6.22. The van der Waals surface area contributed by atoms with Crippen LogP contribution in [0.3, 0.4) is 0 Å². The number of rotatable bonds is 6. The van der Waals surface area contributed by atoms with Crippen molar-refractivity contribution in [3.63, 3.8) is 0 Å². The number of nitrogens with zero attached hydrogens (tertiary/aromatic N) is 1. The summed E-state index contributed by atoms with van der Waals surface area (Å²) in [5, 5.41) is 2.23. The van der Waals surface area contributed by atoms with Gasteiger partial charge in [-0.25, -0.2) is 4.79 Å². The molecular formula is C12H20N2O3S. The fourth-order valence-electron chi connectivity index (χ4n) is 1.74. The van der Waals surface area contributed by atoms with E-state index in [1.165, 1.54) is 13.8 Å². The zero-order valence-corrected chi connectivity index (χ0v) is 11.9. The molecule has 0 aliphatic carbocycles. The molecular weight excluding hydrogens is 252 g/mol. The van der Waals surface area contributed by atoms with Gasteiger partial charge in [0.2, 0.25) is 11.8 Å². The summed E-state index contributed by atoms with van der Waals surface area (Å²) in [7, 11) is 0. The predicted molar refractivity (Wildman–Crippen MR) is 71.3 cm³/mol. The first-order chi connectivity index (χ1) is 8.41. The van der Waals surface area contributed by atoms with E-state index in [9.17, 15) is 14.4 Å². The lowest BCUT2D eigenvalue weighted by Crippen LogP contribution is -2.61. The van der Waals surface area contributed by atoms with Crippen molar-refractivity contribution in [1.82, 2.24) is 10.2 Å². The van der Waals surface area contributed by atoms with E-state index in [0.29, 0.717) is 6.54 Å². The van der Waals surface area contributed by atoms with Gasteiger partial charge >= 0.3 is 6.03 Å². The second-order valence-electron chi connectivity index (χ2n) is 4.89. The molecule has 1 saturated heterocycles. The maximum Gasteiger partial charge on any atom is 0.330 e. The minimum Gasteiger partial charge on any atom is -0.277 e. The minimum absolute atomic E-state index is 0.385. The number of amides is 4. The summed E-state index contributed by atoms with van der Waals surface area (Å²) in [6, 6.07) is -0.589. The van der Waals surface area contributed by atoms with E-state index < -0.39 is 23.3 Å². The molecule has 0 unspecified atom stereocenters. The summed E-state index contributed by atoms with van der Waals surface area (Å²) in [6.45, 7) is 3.46. The van der Waals surface area contributed by atoms with Crippen molar-refractivity contribution < 1.29 is 14.4 Å². The van der Waals surface area contributed by atoms with Crippen LogP contribution in [0.4, 0.5) is 4.79 Å². The quantitative estimate of drug-likeness (QED) is 0.589. The SMILES string of the molecule is CSCCCCCN1C(=O)NC(=O)C(C)(C)C1=O. The summed E-state index contributed by atoms with van der Waals surface area (Å²) < 4.78 is 0. The smallest absolute Gasteiger partial charge is 0.277 e. The van der Waals surface area contributed by atoms with E-state index in [1.54, 1.807) is 11.8 Å². The molecule has 5 nitrogen and oxygen atoms in total. The highest BCUT2D eigenvalue weighted by Gasteiger charge is 2.46. The average Bonchev–Trinajstić information content (AvgIpc) is 2.31. The number of nitrogens with one attached hydrogen (secondary N) is 1. The third kappa shape index (κ3) is 3.25. The Morgan fingerprint density at radius 2 is 1.83 bits per heavy atom. The van der Waals surface area contributed by atoms with Crippen LogP contribution in [-0.2, 0) is 9.59 Å². The average molecular weight is 272 g/mol. The number of barbiturate groups is 1. The Kier molecular flexibility index (Phi) is 5.19. The molecule has 1 N–H and O–H groups in total. The van der Waals surface area contributed by atoms with Crippen LogP contribution >= 0.6 is 11.8 Å². The Morgan fingerprint density at radius 1 is 1.17 bits per heavy atom. The van der Waals surface area contributed by atoms with Gasteiger partial charge in [-0.2, -0.15) is 11.8 Å². The molecule has 18 heavy (non-hydrogen) atoms. The molecule has 0 aromatic rings. The van der Waals surface area contributed by atoms with E-state index in [-0.39, 0.29) is 0 Å². The Morgan fingerprint density at radius 3 is 2.44 bits per heavy atom. The van der Waals surface area contributed by atoms with Gasteiger partial charge < -0.3 is 0 Å². The Hall–Kier alpha value is -1.04. The van der Waals surface area contributed by atoms with Crippen molar-refractivity contribution in [2.75, 3.05) is 18.6 Å². The standard InChI is InChI=1S/C12H20N2O3S/c1-12(2)9(15)13-11(17)14(10(12)16)7-5-4-6-8-18-3/h4-8H2,1-3H3,(H,13,15,17). The van der Waals surface area contributed by atoms with E-state index in [0.717, 1.165) is 29.9 Å². The molecule has 4 amide bonds. The monoisotopic (exact) mass is 272 g/mol. The van der Waals surface area contributed by atoms with Gasteiger partial charge in [0.25, 0.3) is 0 Å². The lowest BCUT2D eigenvalue weighted by Gasteiger charge is -2.34. The van der Waals surface area contributed by atoms with Crippen LogP contribution in [0.15, 0.2) is 0 Å². The van der Waals surface area contributed by atoms with Gasteiger partial charge in [-0.15, -0.1) is 0 Å². The molecule has 0 aromatic heterocycles. The maximum absolute atomic E-state index is 12.0. The van der Waals surface area contributed by atoms with Crippen molar-refractivity contribution in [2.24, 2.45) is 5.41 Å². The van der Waals surface area contributed by atoms with Crippen LogP contribution in [0, 0.1) is 5.41 Å². The van der Waals surface area contributed by atoms with Gasteiger partial charge in [-0.1, -0.05) is 6.42 Å². The fourth-order valence-corrected chi connectivity index (χ4v) is 2.24.